The molecule has 1 unspecified atom stereocenters. The Morgan fingerprint density at radius 3 is 2.55 bits per heavy atom. The van der Waals surface area contributed by atoms with E-state index in [1.54, 1.807) is 12.1 Å². The van der Waals surface area contributed by atoms with Gasteiger partial charge in [-0.15, -0.1) is 0 Å². The summed E-state index contributed by atoms with van der Waals surface area (Å²) in [5.74, 6) is 0.553. The molecule has 5 nitrogen and oxygen atoms in total. The van der Waals surface area contributed by atoms with Crippen LogP contribution in [0.5, 0.6) is 5.75 Å². The van der Waals surface area contributed by atoms with Crippen LogP contribution in [0.15, 0.2) is 65.7 Å². The summed E-state index contributed by atoms with van der Waals surface area (Å²) in [6, 6.07) is 18.7. The minimum atomic E-state index is -0.232. The van der Waals surface area contributed by atoms with Gasteiger partial charge in [0.05, 0.1) is 6.54 Å². The van der Waals surface area contributed by atoms with Gasteiger partial charge in [-0.2, -0.15) is 0 Å². The molecule has 1 atom stereocenters. The number of amides is 1. The molecule has 0 fully saturated rings. The third-order valence-corrected chi connectivity index (χ3v) is 3.15. The Balaban J connectivity index is 1.47. The maximum atomic E-state index is 12.0. The standard InChI is InChI=1S/C17H16N2O3/c20-16(13-7-3-1-4-8-13)19-17-18-11-15(22-17)12-21-14-9-5-2-6-10-14/h1-10,15H,11-12H2,(H,18,19,20). The zero-order valence-corrected chi connectivity index (χ0v) is 11.9. The second-order valence-corrected chi connectivity index (χ2v) is 4.83. The monoisotopic (exact) mass is 296 g/mol. The average Bonchev–Trinajstić information content (AvgIpc) is 3.02. The lowest BCUT2D eigenvalue weighted by Gasteiger charge is -2.12. The van der Waals surface area contributed by atoms with E-state index in [1.165, 1.54) is 0 Å². The topological polar surface area (TPSA) is 59.9 Å². The van der Waals surface area contributed by atoms with Crippen molar-refractivity contribution >= 4 is 11.9 Å². The van der Waals surface area contributed by atoms with Gasteiger partial charge in [0, 0.05) is 5.56 Å². The van der Waals surface area contributed by atoms with Crippen LogP contribution >= 0.6 is 0 Å². The lowest BCUT2D eigenvalue weighted by Crippen LogP contribution is -2.33. The molecule has 2 aromatic carbocycles. The van der Waals surface area contributed by atoms with Crippen LogP contribution < -0.4 is 10.1 Å². The van der Waals surface area contributed by atoms with Crippen LogP contribution in [0, 0.1) is 0 Å². The number of benzene rings is 2. The summed E-state index contributed by atoms with van der Waals surface area (Å²) < 4.78 is 11.2. The molecule has 0 aromatic heterocycles. The fourth-order valence-corrected chi connectivity index (χ4v) is 2.04. The summed E-state index contributed by atoms with van der Waals surface area (Å²) in [7, 11) is 0. The Hall–Kier alpha value is -2.82. The summed E-state index contributed by atoms with van der Waals surface area (Å²) >= 11 is 0. The second-order valence-electron chi connectivity index (χ2n) is 4.83. The molecule has 0 saturated carbocycles. The highest BCUT2D eigenvalue weighted by atomic mass is 16.6. The van der Waals surface area contributed by atoms with Gasteiger partial charge in [0.15, 0.2) is 6.10 Å². The van der Waals surface area contributed by atoms with Gasteiger partial charge in [-0.25, -0.2) is 4.99 Å². The van der Waals surface area contributed by atoms with Gasteiger partial charge in [0.1, 0.15) is 12.4 Å². The minimum absolute atomic E-state index is 0.189. The van der Waals surface area contributed by atoms with Crippen molar-refractivity contribution in [1.29, 1.82) is 0 Å². The third-order valence-electron chi connectivity index (χ3n) is 3.15. The van der Waals surface area contributed by atoms with Crippen molar-refractivity contribution in [2.45, 2.75) is 6.10 Å². The SMILES string of the molecule is O=C(NC1=NCC(COc2ccccc2)O1)c1ccccc1. The molecular formula is C17H16N2O3. The van der Waals surface area contributed by atoms with Gasteiger partial charge in [-0.05, 0) is 24.3 Å². The van der Waals surface area contributed by atoms with Crippen LogP contribution in [0.2, 0.25) is 0 Å². The number of ether oxygens (including phenoxy) is 2. The Morgan fingerprint density at radius 1 is 1.14 bits per heavy atom. The van der Waals surface area contributed by atoms with E-state index in [1.807, 2.05) is 48.5 Å². The van der Waals surface area contributed by atoms with E-state index < -0.39 is 0 Å². The molecule has 1 N–H and O–H groups in total. The first-order valence-corrected chi connectivity index (χ1v) is 7.06. The fourth-order valence-electron chi connectivity index (χ4n) is 2.04. The molecule has 22 heavy (non-hydrogen) atoms. The van der Waals surface area contributed by atoms with Gasteiger partial charge in [0.25, 0.3) is 11.9 Å². The van der Waals surface area contributed by atoms with E-state index in [4.69, 9.17) is 9.47 Å². The van der Waals surface area contributed by atoms with Gasteiger partial charge in [-0.1, -0.05) is 36.4 Å². The summed E-state index contributed by atoms with van der Waals surface area (Å²) in [6.45, 7) is 0.857. The van der Waals surface area contributed by atoms with Crippen LogP contribution in [-0.4, -0.2) is 31.2 Å². The van der Waals surface area contributed by atoms with Crippen molar-refractivity contribution < 1.29 is 14.3 Å². The van der Waals surface area contributed by atoms with Crippen molar-refractivity contribution in [3.8, 4) is 5.75 Å². The number of hydrogen-bond donors (Lipinski definition) is 1. The Morgan fingerprint density at radius 2 is 1.82 bits per heavy atom. The normalized spacial score (nSPS) is 16.5. The molecule has 2 aromatic rings. The Bertz CT molecular complexity index is 656. The van der Waals surface area contributed by atoms with Gasteiger partial charge < -0.3 is 9.47 Å². The van der Waals surface area contributed by atoms with Crippen LogP contribution in [0.4, 0.5) is 0 Å². The number of amidine groups is 1. The molecule has 0 saturated heterocycles. The summed E-state index contributed by atoms with van der Waals surface area (Å²) in [4.78, 5) is 16.2. The van der Waals surface area contributed by atoms with E-state index in [0.29, 0.717) is 18.7 Å². The van der Waals surface area contributed by atoms with E-state index in [9.17, 15) is 4.79 Å². The number of para-hydroxylation sites is 1. The predicted octanol–water partition coefficient (Wildman–Crippen LogP) is 2.25. The highest BCUT2D eigenvalue weighted by Gasteiger charge is 2.22. The molecule has 0 radical (unpaired) electrons. The zero-order chi connectivity index (χ0) is 15.2. The van der Waals surface area contributed by atoms with Gasteiger partial charge in [-0.3, -0.25) is 10.1 Å². The molecule has 1 aliphatic heterocycles. The second kappa shape index (κ2) is 6.76. The fraction of sp³-hybridized carbons (Fsp3) is 0.176. The summed E-state index contributed by atoms with van der Waals surface area (Å²) in [5, 5.41) is 2.66. The number of carbonyl (C=O) groups is 1. The molecule has 3 rings (SSSR count). The quantitative estimate of drug-likeness (QED) is 0.941. The van der Waals surface area contributed by atoms with Crippen molar-refractivity contribution in [3.05, 3.63) is 66.2 Å². The lowest BCUT2D eigenvalue weighted by atomic mass is 10.2. The summed E-state index contributed by atoms with van der Waals surface area (Å²) in [5.41, 5.74) is 0.567. The molecule has 0 spiro atoms. The first-order valence-electron chi connectivity index (χ1n) is 7.06. The van der Waals surface area contributed by atoms with E-state index in [0.717, 1.165) is 5.75 Å². The average molecular weight is 296 g/mol. The third kappa shape index (κ3) is 3.63. The molecule has 5 heteroatoms. The maximum Gasteiger partial charge on any atom is 0.292 e. The molecule has 0 bridgehead atoms. The molecule has 1 heterocycles. The number of aliphatic imine (C=N–C) groups is 1. The number of hydrogen-bond acceptors (Lipinski definition) is 4. The Labute approximate surface area is 128 Å². The van der Waals surface area contributed by atoms with Crippen LogP contribution in [0.1, 0.15) is 10.4 Å². The molecule has 1 aliphatic rings. The molecule has 0 aliphatic carbocycles. The lowest BCUT2D eigenvalue weighted by molar-refractivity contribution is 0.0950. The molecule has 1 amide bonds. The maximum absolute atomic E-state index is 12.0. The van der Waals surface area contributed by atoms with Crippen LogP contribution in [0.3, 0.4) is 0 Å². The van der Waals surface area contributed by atoms with Crippen molar-refractivity contribution in [2.24, 2.45) is 4.99 Å². The van der Waals surface area contributed by atoms with Crippen LogP contribution in [0.25, 0.3) is 0 Å². The van der Waals surface area contributed by atoms with E-state index >= 15 is 0 Å². The predicted molar refractivity (Wildman–Crippen MR) is 83.0 cm³/mol. The smallest absolute Gasteiger partial charge is 0.292 e. The molecule has 112 valence electrons. The zero-order valence-electron chi connectivity index (χ0n) is 11.9. The number of rotatable bonds is 4. The van der Waals surface area contributed by atoms with Gasteiger partial charge in [0.2, 0.25) is 0 Å². The highest BCUT2D eigenvalue weighted by molar-refractivity contribution is 6.04. The number of nitrogens with one attached hydrogen (secondary N) is 1. The number of nitrogens with zero attached hydrogens (tertiary/aromatic N) is 1. The number of carbonyl (C=O) groups excluding carboxylic acids is 1. The minimum Gasteiger partial charge on any atom is -0.490 e. The Kier molecular flexibility index (Phi) is 4.34. The first-order chi connectivity index (χ1) is 10.8. The molecular weight excluding hydrogens is 280 g/mol. The van der Waals surface area contributed by atoms with Crippen molar-refractivity contribution in [2.75, 3.05) is 13.2 Å². The van der Waals surface area contributed by atoms with Crippen molar-refractivity contribution in [1.82, 2.24) is 5.32 Å². The first kappa shape index (κ1) is 14.1. The van der Waals surface area contributed by atoms with E-state index in [2.05, 4.69) is 10.3 Å². The largest absolute Gasteiger partial charge is 0.490 e. The van der Waals surface area contributed by atoms with Gasteiger partial charge >= 0.3 is 0 Å². The van der Waals surface area contributed by atoms with E-state index in [-0.39, 0.29) is 18.0 Å². The van der Waals surface area contributed by atoms with Crippen molar-refractivity contribution in [3.63, 3.8) is 0 Å². The highest BCUT2D eigenvalue weighted by Crippen LogP contribution is 2.11. The van der Waals surface area contributed by atoms with Crippen LogP contribution in [-0.2, 0) is 4.74 Å². The summed E-state index contributed by atoms with van der Waals surface area (Å²) in [6.07, 6.45) is -0.189.